The zero-order valence-corrected chi connectivity index (χ0v) is 12.2. The Bertz CT molecular complexity index is 229. The number of hydrogen-bond acceptors (Lipinski definition) is 3. The van der Waals surface area contributed by atoms with Crippen LogP contribution in [0, 0.1) is 11.8 Å². The van der Waals surface area contributed by atoms with Crippen molar-refractivity contribution >= 4 is 0 Å². The van der Waals surface area contributed by atoms with Gasteiger partial charge in [-0.2, -0.15) is 0 Å². The van der Waals surface area contributed by atoms with E-state index in [0.29, 0.717) is 6.04 Å². The molecule has 3 heteroatoms. The third-order valence-electron chi connectivity index (χ3n) is 4.63. The van der Waals surface area contributed by atoms with Crippen molar-refractivity contribution in [3.05, 3.63) is 0 Å². The van der Waals surface area contributed by atoms with Crippen LogP contribution in [0.4, 0.5) is 0 Å². The summed E-state index contributed by atoms with van der Waals surface area (Å²) in [4.78, 5) is 2.71. The lowest BCUT2D eigenvalue weighted by atomic mass is 9.90. The number of piperidine rings is 1. The molecule has 2 heterocycles. The topological polar surface area (TPSA) is 24.5 Å². The molecule has 2 aliphatic rings. The van der Waals surface area contributed by atoms with E-state index >= 15 is 0 Å². The molecule has 3 nitrogen and oxygen atoms in total. The maximum atomic E-state index is 5.45. The third kappa shape index (κ3) is 4.22. The first-order chi connectivity index (χ1) is 8.79. The highest BCUT2D eigenvalue weighted by molar-refractivity contribution is 4.81. The van der Waals surface area contributed by atoms with E-state index in [1.807, 2.05) is 0 Å². The van der Waals surface area contributed by atoms with Crippen LogP contribution < -0.4 is 5.32 Å². The first kappa shape index (κ1) is 14.3. The molecule has 106 valence electrons. The molecule has 0 aromatic rings. The van der Waals surface area contributed by atoms with Crippen LogP contribution in [0.1, 0.15) is 39.5 Å². The van der Waals surface area contributed by atoms with E-state index in [2.05, 4.69) is 24.1 Å². The molecule has 2 aliphatic heterocycles. The van der Waals surface area contributed by atoms with E-state index in [0.717, 1.165) is 31.6 Å². The van der Waals surface area contributed by atoms with Gasteiger partial charge in [0.2, 0.25) is 0 Å². The zero-order chi connectivity index (χ0) is 12.8. The van der Waals surface area contributed by atoms with Crippen molar-refractivity contribution in [2.24, 2.45) is 11.8 Å². The van der Waals surface area contributed by atoms with Crippen LogP contribution in [-0.4, -0.2) is 50.3 Å². The van der Waals surface area contributed by atoms with Crippen LogP contribution >= 0.6 is 0 Å². The predicted octanol–water partition coefficient (Wildman–Crippen LogP) is 2.12. The van der Waals surface area contributed by atoms with Crippen LogP contribution in [-0.2, 0) is 4.74 Å². The number of nitrogens with one attached hydrogen (secondary N) is 1. The van der Waals surface area contributed by atoms with Crippen molar-refractivity contribution in [3.63, 3.8) is 0 Å². The molecule has 2 atom stereocenters. The first-order valence-corrected chi connectivity index (χ1v) is 7.83. The number of nitrogens with zero attached hydrogens (tertiary/aromatic N) is 1. The molecule has 18 heavy (non-hydrogen) atoms. The van der Waals surface area contributed by atoms with Crippen molar-refractivity contribution in [1.82, 2.24) is 10.2 Å². The summed E-state index contributed by atoms with van der Waals surface area (Å²) in [6, 6.07) is 0.674. The molecular weight excluding hydrogens is 224 g/mol. The SMILES string of the molecule is CCNC(C)C1CCCN(CC2CCOCC2)C1. The molecule has 2 unspecified atom stereocenters. The Morgan fingerprint density at radius 3 is 2.78 bits per heavy atom. The number of ether oxygens (including phenoxy) is 1. The second-order valence-corrected chi connectivity index (χ2v) is 6.06. The van der Waals surface area contributed by atoms with Crippen molar-refractivity contribution < 1.29 is 4.74 Å². The largest absolute Gasteiger partial charge is 0.381 e. The molecule has 0 saturated carbocycles. The van der Waals surface area contributed by atoms with Crippen LogP contribution in [0.3, 0.4) is 0 Å². The molecule has 2 rings (SSSR count). The summed E-state index contributed by atoms with van der Waals surface area (Å²) in [5.41, 5.74) is 0. The molecule has 0 spiro atoms. The van der Waals surface area contributed by atoms with E-state index in [1.165, 1.54) is 45.3 Å². The highest BCUT2D eigenvalue weighted by Gasteiger charge is 2.26. The standard InChI is InChI=1S/C15H30N2O/c1-3-16-13(2)15-5-4-8-17(12-15)11-14-6-9-18-10-7-14/h13-16H,3-12H2,1-2H3. The highest BCUT2D eigenvalue weighted by Crippen LogP contribution is 2.23. The average molecular weight is 254 g/mol. The van der Waals surface area contributed by atoms with Crippen LogP contribution in [0.15, 0.2) is 0 Å². The quantitative estimate of drug-likeness (QED) is 0.813. The normalized spacial score (nSPS) is 29.3. The molecule has 0 aliphatic carbocycles. The number of rotatable bonds is 5. The van der Waals surface area contributed by atoms with Crippen molar-refractivity contribution in [2.45, 2.75) is 45.6 Å². The number of hydrogen-bond donors (Lipinski definition) is 1. The van der Waals surface area contributed by atoms with Gasteiger partial charge in [-0.3, -0.25) is 0 Å². The van der Waals surface area contributed by atoms with Gasteiger partial charge in [0.25, 0.3) is 0 Å². The molecule has 2 fully saturated rings. The molecule has 0 radical (unpaired) electrons. The van der Waals surface area contributed by atoms with E-state index in [4.69, 9.17) is 4.74 Å². The fourth-order valence-corrected chi connectivity index (χ4v) is 3.45. The van der Waals surface area contributed by atoms with Gasteiger partial charge in [0.05, 0.1) is 0 Å². The first-order valence-electron chi connectivity index (χ1n) is 7.83. The lowest BCUT2D eigenvalue weighted by Gasteiger charge is -2.38. The summed E-state index contributed by atoms with van der Waals surface area (Å²) in [7, 11) is 0. The van der Waals surface area contributed by atoms with Crippen molar-refractivity contribution in [2.75, 3.05) is 39.4 Å². The molecule has 0 amide bonds. The van der Waals surface area contributed by atoms with Gasteiger partial charge < -0.3 is 15.0 Å². The summed E-state index contributed by atoms with van der Waals surface area (Å²) >= 11 is 0. The maximum absolute atomic E-state index is 5.45. The second-order valence-electron chi connectivity index (χ2n) is 6.06. The van der Waals surface area contributed by atoms with Gasteiger partial charge in [0.1, 0.15) is 0 Å². The molecule has 0 bridgehead atoms. The summed E-state index contributed by atoms with van der Waals surface area (Å²) in [6.45, 7) is 11.5. The maximum Gasteiger partial charge on any atom is 0.0469 e. The van der Waals surface area contributed by atoms with E-state index in [1.54, 1.807) is 0 Å². The Morgan fingerprint density at radius 1 is 1.28 bits per heavy atom. The van der Waals surface area contributed by atoms with E-state index < -0.39 is 0 Å². The fraction of sp³-hybridized carbons (Fsp3) is 1.00. The van der Waals surface area contributed by atoms with E-state index in [9.17, 15) is 0 Å². The minimum absolute atomic E-state index is 0.674. The summed E-state index contributed by atoms with van der Waals surface area (Å²) in [5.74, 6) is 1.73. The molecule has 0 aromatic carbocycles. The van der Waals surface area contributed by atoms with Gasteiger partial charge in [-0.05, 0) is 57.5 Å². The Hall–Kier alpha value is -0.120. The minimum atomic E-state index is 0.674. The second kappa shape index (κ2) is 7.46. The summed E-state index contributed by atoms with van der Waals surface area (Å²) in [6.07, 6.45) is 5.32. The van der Waals surface area contributed by atoms with Gasteiger partial charge in [0.15, 0.2) is 0 Å². The van der Waals surface area contributed by atoms with Gasteiger partial charge in [-0.25, -0.2) is 0 Å². The van der Waals surface area contributed by atoms with Crippen molar-refractivity contribution in [1.29, 1.82) is 0 Å². The smallest absolute Gasteiger partial charge is 0.0469 e. The molecule has 0 aromatic heterocycles. The van der Waals surface area contributed by atoms with Gasteiger partial charge in [-0.15, -0.1) is 0 Å². The lowest BCUT2D eigenvalue weighted by molar-refractivity contribution is 0.0432. The van der Waals surface area contributed by atoms with Crippen molar-refractivity contribution in [3.8, 4) is 0 Å². The molecular formula is C15H30N2O. The molecule has 2 saturated heterocycles. The van der Waals surface area contributed by atoms with E-state index in [-0.39, 0.29) is 0 Å². The van der Waals surface area contributed by atoms with Crippen LogP contribution in [0.5, 0.6) is 0 Å². The zero-order valence-electron chi connectivity index (χ0n) is 12.2. The highest BCUT2D eigenvalue weighted by atomic mass is 16.5. The Labute approximate surface area is 112 Å². The van der Waals surface area contributed by atoms with Crippen LogP contribution in [0.25, 0.3) is 0 Å². The summed E-state index contributed by atoms with van der Waals surface area (Å²) in [5, 5.41) is 3.59. The Kier molecular flexibility index (Phi) is 5.93. The fourth-order valence-electron chi connectivity index (χ4n) is 3.45. The summed E-state index contributed by atoms with van der Waals surface area (Å²) < 4.78 is 5.45. The third-order valence-corrected chi connectivity index (χ3v) is 4.63. The number of likely N-dealkylation sites (tertiary alicyclic amines) is 1. The lowest BCUT2D eigenvalue weighted by Crippen LogP contribution is -2.46. The van der Waals surface area contributed by atoms with Gasteiger partial charge in [0, 0.05) is 32.3 Å². The Morgan fingerprint density at radius 2 is 2.06 bits per heavy atom. The van der Waals surface area contributed by atoms with Gasteiger partial charge in [-0.1, -0.05) is 6.92 Å². The molecule has 1 N–H and O–H groups in total. The predicted molar refractivity (Wildman–Crippen MR) is 75.8 cm³/mol. The Balaban J connectivity index is 1.75. The van der Waals surface area contributed by atoms with Gasteiger partial charge >= 0.3 is 0 Å². The monoisotopic (exact) mass is 254 g/mol. The average Bonchev–Trinajstić information content (AvgIpc) is 2.40. The minimum Gasteiger partial charge on any atom is -0.381 e. The van der Waals surface area contributed by atoms with Crippen LogP contribution in [0.2, 0.25) is 0 Å².